The Labute approximate surface area is 307 Å². The van der Waals surface area contributed by atoms with Gasteiger partial charge in [-0.15, -0.1) is 12.4 Å². The minimum absolute atomic E-state index is 0. The molecule has 50 heavy (non-hydrogen) atoms. The first kappa shape index (κ1) is 40.8. The number of thioether (sulfide) groups is 1. The van der Waals surface area contributed by atoms with Crippen LogP contribution < -0.4 is 10.2 Å². The summed E-state index contributed by atoms with van der Waals surface area (Å²) in [4.78, 5) is 36.6. The lowest BCUT2D eigenvalue weighted by Gasteiger charge is -2.24. The molecule has 4 aromatic carbocycles. The highest BCUT2D eigenvalue weighted by Crippen LogP contribution is 2.29. The van der Waals surface area contributed by atoms with Crippen LogP contribution in [0.15, 0.2) is 102 Å². The van der Waals surface area contributed by atoms with Crippen molar-refractivity contribution >= 4 is 46.1 Å². The normalized spacial score (nSPS) is 11.9. The van der Waals surface area contributed by atoms with Crippen LogP contribution in [0.3, 0.4) is 0 Å². The fourth-order valence-corrected chi connectivity index (χ4v) is 6.73. The van der Waals surface area contributed by atoms with Gasteiger partial charge in [-0.3, -0.25) is 9.69 Å². The van der Waals surface area contributed by atoms with Crippen molar-refractivity contribution in [1.82, 2.24) is 15.1 Å². The lowest BCUT2D eigenvalue weighted by molar-refractivity contribution is -0.149. The summed E-state index contributed by atoms with van der Waals surface area (Å²) in [7, 11) is -4.11. The fourth-order valence-electron chi connectivity index (χ4n) is 5.48. The molecule has 2 N–H and O–H groups in total. The van der Waals surface area contributed by atoms with Crippen LogP contribution in [0.25, 0.3) is 11.1 Å². The first-order valence-electron chi connectivity index (χ1n) is 16.7. The summed E-state index contributed by atoms with van der Waals surface area (Å²) >= 11 is 1.51. The average Bonchev–Trinajstić information content (AvgIpc) is 3.11. The Morgan fingerprint density at radius 3 is 2.24 bits per heavy atom. The van der Waals surface area contributed by atoms with Crippen molar-refractivity contribution in [2.75, 3.05) is 25.1 Å². The molecule has 0 aromatic heterocycles. The predicted octanol–water partition coefficient (Wildman–Crippen LogP) is 7.53. The number of nitrogens with zero attached hydrogens (tertiary/aromatic N) is 1. The second-order valence-electron chi connectivity index (χ2n) is 12.2. The third-order valence-electron chi connectivity index (χ3n) is 8.34. The van der Waals surface area contributed by atoms with Crippen LogP contribution in [0, 0.1) is 13.8 Å². The number of carbonyl (C=O) groups is 2. The highest BCUT2D eigenvalue weighted by atomic mass is 35.5. The average molecular weight is 738 g/mol. The number of unbranched alkanes of at least 4 members (excludes halogenated alkanes) is 1. The molecule has 0 aliphatic carbocycles. The van der Waals surface area contributed by atoms with Gasteiger partial charge in [0.25, 0.3) is 15.9 Å². The zero-order chi connectivity index (χ0) is 35.2. The molecule has 0 aliphatic heterocycles. The van der Waals surface area contributed by atoms with E-state index in [1.807, 2.05) is 67.5 Å². The van der Waals surface area contributed by atoms with Crippen LogP contribution in [-0.4, -0.2) is 56.3 Å². The number of rotatable bonds is 18. The third-order valence-corrected chi connectivity index (χ3v) is 10.2. The van der Waals surface area contributed by atoms with E-state index < -0.39 is 27.9 Å². The molecule has 0 bridgehead atoms. The number of benzene rings is 4. The second-order valence-corrected chi connectivity index (χ2v) is 14.8. The molecule has 1 amide bonds. The molecular weight excluding hydrogens is 690 g/mol. The van der Waals surface area contributed by atoms with Crippen LogP contribution in [0.2, 0.25) is 0 Å². The van der Waals surface area contributed by atoms with E-state index in [0.717, 1.165) is 66.7 Å². The monoisotopic (exact) mass is 737 g/mol. The van der Waals surface area contributed by atoms with Gasteiger partial charge in [0.1, 0.15) is 6.04 Å². The number of hydrogen-bond donors (Lipinski definition) is 2. The van der Waals surface area contributed by atoms with Crippen LogP contribution in [0.1, 0.15) is 58.8 Å². The molecule has 0 heterocycles. The standard InChI is InChI=1S/C39H47N3O5S2.ClH/c1-5-6-24-42(25-22-31-13-8-7-9-14-31)28-32-18-21-35(36(27-32)34-15-11-10-12-30(34)3)38(43)40-37(23-26-48-4)39(44)47-41-49(45,46)33-19-16-29(2)17-20-33;/h7-21,27,37,41H,5-6,22-26,28H2,1-4H3,(H,40,43);1H/t37-;/m0./s1. The molecule has 0 spiro atoms. The van der Waals surface area contributed by atoms with Gasteiger partial charge in [-0.25, -0.2) is 13.2 Å². The Kier molecular flexibility index (Phi) is 16.5. The summed E-state index contributed by atoms with van der Waals surface area (Å²) in [5.74, 6) is -0.788. The van der Waals surface area contributed by atoms with Gasteiger partial charge in [0.05, 0.1) is 4.90 Å². The van der Waals surface area contributed by atoms with Crippen molar-refractivity contribution in [3.05, 3.63) is 125 Å². The number of aryl methyl sites for hydroxylation is 2. The summed E-state index contributed by atoms with van der Waals surface area (Å²) < 4.78 is 25.5. The SMILES string of the molecule is CCCCN(CCc1ccccc1)Cc1ccc(C(=O)N[C@@H](CCSC)C(=O)ONS(=O)(=O)c2ccc(C)cc2)c(-c2ccccc2C)c1.Cl. The Hall–Kier alpha value is -3.67. The largest absolute Gasteiger partial charge is 0.353 e. The number of amides is 1. The molecule has 268 valence electrons. The van der Waals surface area contributed by atoms with Gasteiger partial charge in [-0.05, 0) is 109 Å². The molecule has 0 saturated carbocycles. The molecule has 0 aliphatic rings. The van der Waals surface area contributed by atoms with Crippen LogP contribution in [0.5, 0.6) is 0 Å². The van der Waals surface area contributed by atoms with E-state index in [1.54, 1.807) is 12.1 Å². The van der Waals surface area contributed by atoms with Crippen molar-refractivity contribution in [3.63, 3.8) is 0 Å². The zero-order valence-corrected chi connectivity index (χ0v) is 31.6. The van der Waals surface area contributed by atoms with E-state index in [-0.39, 0.29) is 23.7 Å². The quantitative estimate of drug-likeness (QED) is 0.102. The topological polar surface area (TPSA) is 105 Å². The van der Waals surface area contributed by atoms with E-state index >= 15 is 0 Å². The summed E-state index contributed by atoms with van der Waals surface area (Å²) in [5.41, 5.74) is 6.41. The molecule has 8 nitrogen and oxygen atoms in total. The number of carbonyl (C=O) groups excluding carboxylic acids is 2. The molecule has 4 rings (SSSR count). The van der Waals surface area contributed by atoms with Crippen LogP contribution in [-0.2, 0) is 32.6 Å². The maximum absolute atomic E-state index is 13.9. The Morgan fingerprint density at radius 1 is 0.860 bits per heavy atom. The van der Waals surface area contributed by atoms with Crippen molar-refractivity contribution in [1.29, 1.82) is 0 Å². The summed E-state index contributed by atoms with van der Waals surface area (Å²) in [6, 6.07) is 29.4. The molecule has 4 aromatic rings. The zero-order valence-electron chi connectivity index (χ0n) is 29.2. The number of halogens is 1. The predicted molar refractivity (Wildman–Crippen MR) is 206 cm³/mol. The van der Waals surface area contributed by atoms with Gasteiger partial charge < -0.3 is 10.2 Å². The summed E-state index contributed by atoms with van der Waals surface area (Å²) in [5, 5.41) is 2.84. The van der Waals surface area contributed by atoms with Crippen molar-refractivity contribution in [2.45, 2.75) is 63.9 Å². The summed E-state index contributed by atoms with van der Waals surface area (Å²) in [6.07, 6.45) is 5.29. The lowest BCUT2D eigenvalue weighted by atomic mass is 9.93. The second kappa shape index (κ2) is 20.2. The molecule has 11 heteroatoms. The third kappa shape index (κ3) is 12.0. The molecule has 0 unspecified atom stereocenters. The Bertz CT molecular complexity index is 1790. The summed E-state index contributed by atoms with van der Waals surface area (Å²) in [6.45, 7) is 8.67. The first-order chi connectivity index (χ1) is 23.6. The van der Waals surface area contributed by atoms with Crippen LogP contribution in [0.4, 0.5) is 0 Å². The van der Waals surface area contributed by atoms with Gasteiger partial charge in [0.2, 0.25) is 0 Å². The smallest absolute Gasteiger partial charge is 0.348 e. The fraction of sp³-hybridized carbons (Fsp3) is 0.333. The van der Waals surface area contributed by atoms with Gasteiger partial charge >= 0.3 is 5.97 Å². The maximum atomic E-state index is 13.9. The highest BCUT2D eigenvalue weighted by Gasteiger charge is 2.27. The molecule has 1 atom stereocenters. The van der Waals surface area contributed by atoms with E-state index in [0.29, 0.717) is 11.3 Å². The van der Waals surface area contributed by atoms with Gasteiger partial charge in [-0.1, -0.05) is 91.7 Å². The van der Waals surface area contributed by atoms with E-state index in [1.165, 1.54) is 29.5 Å². The van der Waals surface area contributed by atoms with E-state index in [4.69, 9.17) is 4.84 Å². The van der Waals surface area contributed by atoms with Gasteiger partial charge in [-0.2, -0.15) is 11.8 Å². The highest BCUT2D eigenvalue weighted by molar-refractivity contribution is 7.98. The minimum Gasteiger partial charge on any atom is -0.353 e. The maximum Gasteiger partial charge on any atom is 0.348 e. The minimum atomic E-state index is -4.11. The molecule has 0 radical (unpaired) electrons. The number of nitrogens with one attached hydrogen (secondary N) is 2. The van der Waals surface area contributed by atoms with Gasteiger partial charge in [0, 0.05) is 18.7 Å². The molecule has 0 fully saturated rings. The van der Waals surface area contributed by atoms with Gasteiger partial charge in [0.15, 0.2) is 0 Å². The number of hydrogen-bond acceptors (Lipinski definition) is 7. The van der Waals surface area contributed by atoms with Crippen molar-refractivity contribution in [3.8, 4) is 11.1 Å². The molecular formula is C39H48ClN3O5S2. The first-order valence-corrected chi connectivity index (χ1v) is 19.5. The van der Waals surface area contributed by atoms with E-state index in [9.17, 15) is 18.0 Å². The van der Waals surface area contributed by atoms with Crippen LogP contribution >= 0.6 is 24.2 Å². The Balaban J connectivity index is 0.00000676. The number of sulfonamides is 1. The molecule has 0 saturated heterocycles. The van der Waals surface area contributed by atoms with E-state index in [2.05, 4.69) is 47.5 Å². The lowest BCUT2D eigenvalue weighted by Crippen LogP contribution is -2.44. The van der Waals surface area contributed by atoms with Crippen molar-refractivity contribution in [2.24, 2.45) is 0 Å². The van der Waals surface area contributed by atoms with Crippen molar-refractivity contribution < 1.29 is 22.8 Å². The Morgan fingerprint density at radius 2 is 1.56 bits per heavy atom.